The zero-order valence-electron chi connectivity index (χ0n) is 9.59. The van der Waals surface area contributed by atoms with Crippen LogP contribution in [0.2, 0.25) is 0 Å². The van der Waals surface area contributed by atoms with Gasteiger partial charge in [0.25, 0.3) is 0 Å². The Kier molecular flexibility index (Phi) is 2.11. The van der Waals surface area contributed by atoms with Gasteiger partial charge < -0.3 is 5.73 Å². The van der Waals surface area contributed by atoms with E-state index in [0.29, 0.717) is 0 Å². The summed E-state index contributed by atoms with van der Waals surface area (Å²) in [5.41, 5.74) is 11.0. The Morgan fingerprint density at radius 3 is 2.88 bits per heavy atom. The summed E-state index contributed by atoms with van der Waals surface area (Å²) in [5, 5.41) is 0. The number of anilines is 1. The SMILES string of the molecule is Cc1cc(N)ccc1-c1cccc2nccn12. The van der Waals surface area contributed by atoms with Crippen LogP contribution in [0.5, 0.6) is 0 Å². The van der Waals surface area contributed by atoms with E-state index in [1.807, 2.05) is 36.7 Å². The third-order valence-electron chi connectivity index (χ3n) is 2.95. The predicted octanol–water partition coefficient (Wildman–Crippen LogP) is 2.89. The highest BCUT2D eigenvalue weighted by molar-refractivity contribution is 5.69. The fraction of sp³-hybridized carbons (Fsp3) is 0.0714. The molecule has 3 heteroatoms. The van der Waals surface area contributed by atoms with Crippen LogP contribution >= 0.6 is 0 Å². The molecule has 0 saturated heterocycles. The van der Waals surface area contributed by atoms with Crippen molar-refractivity contribution < 1.29 is 0 Å². The molecule has 0 atom stereocenters. The molecule has 0 aliphatic rings. The van der Waals surface area contributed by atoms with Gasteiger partial charge in [-0.3, -0.25) is 4.40 Å². The lowest BCUT2D eigenvalue weighted by Gasteiger charge is -2.09. The highest BCUT2D eigenvalue weighted by Crippen LogP contribution is 2.25. The van der Waals surface area contributed by atoms with Gasteiger partial charge in [0.15, 0.2) is 0 Å². The van der Waals surface area contributed by atoms with Crippen LogP contribution < -0.4 is 5.73 Å². The fourth-order valence-electron chi connectivity index (χ4n) is 2.14. The Balaban J connectivity index is 2.30. The van der Waals surface area contributed by atoms with Crippen LogP contribution in [0, 0.1) is 6.92 Å². The Morgan fingerprint density at radius 2 is 2.06 bits per heavy atom. The van der Waals surface area contributed by atoms with E-state index in [9.17, 15) is 0 Å². The number of pyridine rings is 1. The van der Waals surface area contributed by atoms with Crippen molar-refractivity contribution in [2.75, 3.05) is 5.73 Å². The van der Waals surface area contributed by atoms with Crippen molar-refractivity contribution in [3.8, 4) is 11.3 Å². The third-order valence-corrected chi connectivity index (χ3v) is 2.95. The molecular formula is C14H13N3. The normalized spacial score (nSPS) is 10.9. The third kappa shape index (κ3) is 1.56. The van der Waals surface area contributed by atoms with Crippen molar-refractivity contribution in [1.82, 2.24) is 9.38 Å². The molecule has 0 spiro atoms. The van der Waals surface area contributed by atoms with E-state index in [4.69, 9.17) is 5.73 Å². The van der Waals surface area contributed by atoms with Gasteiger partial charge >= 0.3 is 0 Å². The van der Waals surface area contributed by atoms with E-state index < -0.39 is 0 Å². The van der Waals surface area contributed by atoms with Gasteiger partial charge in [-0.2, -0.15) is 0 Å². The monoisotopic (exact) mass is 223 g/mol. The van der Waals surface area contributed by atoms with Crippen molar-refractivity contribution in [3.63, 3.8) is 0 Å². The molecule has 0 aliphatic heterocycles. The topological polar surface area (TPSA) is 43.3 Å². The maximum Gasteiger partial charge on any atom is 0.137 e. The Hall–Kier alpha value is -2.29. The minimum absolute atomic E-state index is 0.795. The Labute approximate surface area is 99.5 Å². The lowest BCUT2D eigenvalue weighted by molar-refractivity contribution is 1.18. The molecule has 0 radical (unpaired) electrons. The minimum atomic E-state index is 0.795. The highest BCUT2D eigenvalue weighted by atomic mass is 15.0. The molecule has 2 heterocycles. The Morgan fingerprint density at radius 1 is 1.18 bits per heavy atom. The first-order valence-corrected chi connectivity index (χ1v) is 5.54. The summed E-state index contributed by atoms with van der Waals surface area (Å²) in [5.74, 6) is 0. The van der Waals surface area contributed by atoms with E-state index >= 15 is 0 Å². The average Bonchev–Trinajstić information content (AvgIpc) is 2.77. The summed E-state index contributed by atoms with van der Waals surface area (Å²) in [6.07, 6.45) is 3.78. The van der Waals surface area contributed by atoms with E-state index in [1.165, 1.54) is 11.1 Å². The van der Waals surface area contributed by atoms with E-state index in [0.717, 1.165) is 17.0 Å². The van der Waals surface area contributed by atoms with Crippen LogP contribution in [-0.2, 0) is 0 Å². The number of rotatable bonds is 1. The van der Waals surface area contributed by atoms with Gasteiger partial charge in [-0.25, -0.2) is 4.98 Å². The molecule has 0 amide bonds. The second kappa shape index (κ2) is 3.63. The van der Waals surface area contributed by atoms with Crippen molar-refractivity contribution in [2.24, 2.45) is 0 Å². The van der Waals surface area contributed by atoms with Crippen molar-refractivity contribution in [2.45, 2.75) is 6.92 Å². The molecular weight excluding hydrogens is 210 g/mol. The van der Waals surface area contributed by atoms with Gasteiger partial charge in [-0.15, -0.1) is 0 Å². The van der Waals surface area contributed by atoms with Crippen LogP contribution in [0.1, 0.15) is 5.56 Å². The molecule has 1 aromatic carbocycles. The van der Waals surface area contributed by atoms with Crippen LogP contribution in [0.25, 0.3) is 16.9 Å². The fourth-order valence-corrected chi connectivity index (χ4v) is 2.14. The van der Waals surface area contributed by atoms with E-state index in [-0.39, 0.29) is 0 Å². The lowest BCUT2D eigenvalue weighted by atomic mass is 10.0. The van der Waals surface area contributed by atoms with E-state index in [2.05, 4.69) is 28.4 Å². The zero-order valence-corrected chi connectivity index (χ0v) is 9.59. The number of fused-ring (bicyclic) bond motifs is 1. The maximum atomic E-state index is 5.78. The molecule has 2 N–H and O–H groups in total. The van der Waals surface area contributed by atoms with Gasteiger partial charge in [-0.05, 0) is 36.8 Å². The number of benzene rings is 1. The highest BCUT2D eigenvalue weighted by Gasteiger charge is 2.06. The zero-order chi connectivity index (χ0) is 11.8. The quantitative estimate of drug-likeness (QED) is 0.644. The summed E-state index contributed by atoms with van der Waals surface area (Å²) in [7, 11) is 0. The molecule has 0 saturated carbocycles. The number of imidazole rings is 1. The summed E-state index contributed by atoms with van der Waals surface area (Å²) in [6, 6.07) is 12.1. The molecule has 0 aliphatic carbocycles. The molecule has 0 fully saturated rings. The lowest BCUT2D eigenvalue weighted by Crippen LogP contribution is -1.94. The van der Waals surface area contributed by atoms with Crippen LogP contribution in [0.15, 0.2) is 48.8 Å². The average molecular weight is 223 g/mol. The Bertz CT molecular complexity index is 683. The molecule has 3 aromatic rings. The second-order valence-electron chi connectivity index (χ2n) is 4.14. The number of nitrogens with two attached hydrogens (primary N) is 1. The van der Waals surface area contributed by atoms with Crippen molar-refractivity contribution in [1.29, 1.82) is 0 Å². The summed E-state index contributed by atoms with van der Waals surface area (Å²) in [6.45, 7) is 2.07. The summed E-state index contributed by atoms with van der Waals surface area (Å²) in [4.78, 5) is 4.29. The first kappa shape index (κ1) is 9.90. The molecule has 2 aromatic heterocycles. The number of hydrogen-bond acceptors (Lipinski definition) is 2. The first-order chi connectivity index (χ1) is 8.25. The predicted molar refractivity (Wildman–Crippen MR) is 69.8 cm³/mol. The number of nitrogens with zero attached hydrogens (tertiary/aromatic N) is 2. The van der Waals surface area contributed by atoms with Crippen molar-refractivity contribution in [3.05, 3.63) is 54.4 Å². The molecule has 17 heavy (non-hydrogen) atoms. The summed E-state index contributed by atoms with van der Waals surface area (Å²) < 4.78 is 2.08. The van der Waals surface area contributed by atoms with Gasteiger partial charge in [-0.1, -0.05) is 12.1 Å². The largest absolute Gasteiger partial charge is 0.399 e. The van der Waals surface area contributed by atoms with Crippen molar-refractivity contribution >= 4 is 11.3 Å². The number of hydrogen-bond donors (Lipinski definition) is 1. The van der Waals surface area contributed by atoms with Crippen LogP contribution in [0.3, 0.4) is 0 Å². The number of aromatic nitrogens is 2. The number of aryl methyl sites for hydroxylation is 1. The molecule has 0 unspecified atom stereocenters. The summed E-state index contributed by atoms with van der Waals surface area (Å²) >= 11 is 0. The molecule has 3 nitrogen and oxygen atoms in total. The van der Waals surface area contributed by atoms with Gasteiger partial charge in [0, 0.05) is 23.6 Å². The second-order valence-corrected chi connectivity index (χ2v) is 4.14. The van der Waals surface area contributed by atoms with Gasteiger partial charge in [0.05, 0.1) is 5.69 Å². The standard InChI is InChI=1S/C14H13N3/c1-10-9-11(15)5-6-12(10)13-3-2-4-14-16-7-8-17(13)14/h2-9H,15H2,1H3. The van der Waals surface area contributed by atoms with Gasteiger partial charge in [0.2, 0.25) is 0 Å². The van der Waals surface area contributed by atoms with Crippen LogP contribution in [0.4, 0.5) is 5.69 Å². The first-order valence-electron chi connectivity index (χ1n) is 5.54. The molecule has 3 rings (SSSR count). The van der Waals surface area contributed by atoms with E-state index in [1.54, 1.807) is 0 Å². The van der Waals surface area contributed by atoms with Crippen LogP contribution in [-0.4, -0.2) is 9.38 Å². The maximum absolute atomic E-state index is 5.78. The minimum Gasteiger partial charge on any atom is -0.399 e. The molecule has 0 bridgehead atoms. The van der Waals surface area contributed by atoms with Gasteiger partial charge in [0.1, 0.15) is 5.65 Å². The molecule has 84 valence electrons. The number of nitrogen functional groups attached to an aromatic ring is 1. The smallest absolute Gasteiger partial charge is 0.137 e.